The van der Waals surface area contributed by atoms with Gasteiger partial charge in [0.15, 0.2) is 6.29 Å². The summed E-state index contributed by atoms with van der Waals surface area (Å²) < 4.78 is 0. The molecule has 0 heterocycles. The molecule has 0 spiro atoms. The lowest BCUT2D eigenvalue weighted by Gasteiger charge is -1.89. The predicted molar refractivity (Wildman–Crippen MR) is 34.8 cm³/mol. The topological polar surface area (TPSA) is 34.1 Å². The maximum Gasteiger partial charge on any atom is 0.198 e. The lowest BCUT2D eigenvalue weighted by atomic mass is 10.1. The SMILES string of the molecule is CC(=O)CCCC[C]=O. The number of hydrogen-bond acceptors (Lipinski definition) is 2. The van der Waals surface area contributed by atoms with Gasteiger partial charge in [-0.1, -0.05) is 0 Å². The van der Waals surface area contributed by atoms with Crippen molar-refractivity contribution in [2.24, 2.45) is 0 Å². The van der Waals surface area contributed by atoms with Gasteiger partial charge >= 0.3 is 0 Å². The minimum absolute atomic E-state index is 0.195. The number of Topliss-reactive ketones (excluding diaryl/α,β-unsaturated/α-hetero) is 1. The Morgan fingerprint density at radius 3 is 2.56 bits per heavy atom. The van der Waals surface area contributed by atoms with Crippen LogP contribution in [0, 0.1) is 0 Å². The Morgan fingerprint density at radius 2 is 2.11 bits per heavy atom. The van der Waals surface area contributed by atoms with E-state index in [1.165, 1.54) is 0 Å². The lowest BCUT2D eigenvalue weighted by Crippen LogP contribution is -1.88. The van der Waals surface area contributed by atoms with Crippen molar-refractivity contribution in [3.63, 3.8) is 0 Å². The summed E-state index contributed by atoms with van der Waals surface area (Å²) in [4.78, 5) is 19.9. The number of hydrogen-bond donors (Lipinski definition) is 0. The molecule has 0 amide bonds. The number of rotatable bonds is 5. The average Bonchev–Trinajstić information content (AvgIpc) is 1.80. The molecule has 2 heteroatoms. The molecule has 51 valence electrons. The fourth-order valence-electron chi connectivity index (χ4n) is 0.571. The fraction of sp³-hybridized carbons (Fsp3) is 0.714. The molecule has 2 nitrogen and oxygen atoms in total. The van der Waals surface area contributed by atoms with E-state index >= 15 is 0 Å². The zero-order chi connectivity index (χ0) is 7.11. The molecule has 0 rings (SSSR count). The molecule has 0 aliphatic heterocycles. The predicted octanol–water partition coefficient (Wildman–Crippen LogP) is 1.25. The van der Waals surface area contributed by atoms with Gasteiger partial charge in [0.2, 0.25) is 0 Å². The van der Waals surface area contributed by atoms with Crippen molar-refractivity contribution < 1.29 is 9.59 Å². The van der Waals surface area contributed by atoms with Gasteiger partial charge in [0, 0.05) is 12.8 Å². The highest BCUT2D eigenvalue weighted by Gasteiger charge is 1.91. The molecule has 0 aliphatic rings. The molecule has 0 saturated carbocycles. The highest BCUT2D eigenvalue weighted by molar-refractivity contribution is 5.75. The molecule has 0 atom stereocenters. The molecule has 0 fully saturated rings. The van der Waals surface area contributed by atoms with Crippen LogP contribution >= 0.6 is 0 Å². The molecule has 0 saturated heterocycles. The third-order valence-electron chi connectivity index (χ3n) is 1.06. The largest absolute Gasteiger partial charge is 0.300 e. The van der Waals surface area contributed by atoms with Crippen LogP contribution in [0.3, 0.4) is 0 Å². The van der Waals surface area contributed by atoms with E-state index in [1.807, 2.05) is 0 Å². The van der Waals surface area contributed by atoms with Crippen LogP contribution in [0.25, 0.3) is 0 Å². The molecule has 9 heavy (non-hydrogen) atoms. The van der Waals surface area contributed by atoms with E-state index in [0.717, 1.165) is 12.8 Å². The standard InChI is InChI=1S/C7H11O2/c1-7(9)5-3-2-4-6-8/h2-5H2,1H3. The van der Waals surface area contributed by atoms with E-state index in [4.69, 9.17) is 0 Å². The van der Waals surface area contributed by atoms with E-state index < -0.39 is 0 Å². The van der Waals surface area contributed by atoms with E-state index in [9.17, 15) is 9.59 Å². The monoisotopic (exact) mass is 127 g/mol. The summed E-state index contributed by atoms with van der Waals surface area (Å²) in [5.41, 5.74) is 0. The Balaban J connectivity index is 2.91. The fourth-order valence-corrected chi connectivity index (χ4v) is 0.571. The van der Waals surface area contributed by atoms with Gasteiger partial charge in [-0.2, -0.15) is 0 Å². The number of ketones is 1. The molecule has 0 bridgehead atoms. The lowest BCUT2D eigenvalue weighted by molar-refractivity contribution is -0.117. The van der Waals surface area contributed by atoms with E-state index in [0.29, 0.717) is 12.8 Å². The summed E-state index contributed by atoms with van der Waals surface area (Å²) in [5, 5.41) is 0. The van der Waals surface area contributed by atoms with Crippen LogP contribution in [0.15, 0.2) is 0 Å². The van der Waals surface area contributed by atoms with Crippen molar-refractivity contribution in [1.82, 2.24) is 0 Å². The Hall–Kier alpha value is -0.660. The zero-order valence-electron chi connectivity index (χ0n) is 5.64. The zero-order valence-corrected chi connectivity index (χ0v) is 5.64. The second-order valence-corrected chi connectivity index (χ2v) is 2.05. The summed E-state index contributed by atoms with van der Waals surface area (Å²) in [5.74, 6) is 0.195. The highest BCUT2D eigenvalue weighted by Crippen LogP contribution is 1.97. The summed E-state index contributed by atoms with van der Waals surface area (Å²) in [6.07, 6.45) is 4.46. The normalized spacial score (nSPS) is 9.00. The van der Waals surface area contributed by atoms with Gasteiger partial charge in [0.1, 0.15) is 5.78 Å². The van der Waals surface area contributed by atoms with Crippen molar-refractivity contribution in [3.8, 4) is 0 Å². The molecule has 0 aromatic carbocycles. The Kier molecular flexibility index (Phi) is 5.07. The summed E-state index contributed by atoms with van der Waals surface area (Å²) in [7, 11) is 0. The van der Waals surface area contributed by atoms with Crippen LogP contribution < -0.4 is 0 Å². The number of carbonyl (C=O) groups is 1. The third-order valence-corrected chi connectivity index (χ3v) is 1.06. The minimum atomic E-state index is 0.195. The van der Waals surface area contributed by atoms with Gasteiger partial charge in [-0.15, -0.1) is 0 Å². The summed E-state index contributed by atoms with van der Waals surface area (Å²) in [6.45, 7) is 1.56. The van der Waals surface area contributed by atoms with Crippen LogP contribution in [0.4, 0.5) is 0 Å². The van der Waals surface area contributed by atoms with Crippen molar-refractivity contribution in [3.05, 3.63) is 0 Å². The molecule has 0 N–H and O–H groups in total. The first-order valence-electron chi connectivity index (χ1n) is 3.12. The maximum atomic E-state index is 10.3. The molecule has 0 aromatic rings. The minimum Gasteiger partial charge on any atom is -0.300 e. The van der Waals surface area contributed by atoms with E-state index in [2.05, 4.69) is 0 Å². The molecule has 1 radical (unpaired) electrons. The summed E-state index contributed by atoms with van der Waals surface area (Å²) in [6, 6.07) is 0. The van der Waals surface area contributed by atoms with Crippen LogP contribution in [-0.4, -0.2) is 12.1 Å². The van der Waals surface area contributed by atoms with Crippen molar-refractivity contribution in [2.45, 2.75) is 32.6 Å². The number of unbranched alkanes of at least 4 members (excludes halogenated alkanes) is 2. The number of carbonyl (C=O) groups excluding carboxylic acids is 2. The second-order valence-electron chi connectivity index (χ2n) is 2.05. The molecular weight excluding hydrogens is 116 g/mol. The van der Waals surface area contributed by atoms with Crippen LogP contribution in [0.5, 0.6) is 0 Å². The second kappa shape index (κ2) is 5.48. The average molecular weight is 127 g/mol. The Bertz CT molecular complexity index is 97.1. The van der Waals surface area contributed by atoms with Gasteiger partial charge in [0.25, 0.3) is 0 Å². The quantitative estimate of drug-likeness (QED) is 0.521. The maximum absolute atomic E-state index is 10.3. The van der Waals surface area contributed by atoms with Gasteiger partial charge in [-0.05, 0) is 19.8 Å². The Labute approximate surface area is 55.3 Å². The van der Waals surface area contributed by atoms with Gasteiger partial charge in [0.05, 0.1) is 0 Å². The van der Waals surface area contributed by atoms with Crippen LogP contribution in [0.2, 0.25) is 0 Å². The third kappa shape index (κ3) is 7.34. The van der Waals surface area contributed by atoms with Gasteiger partial charge in [-0.3, -0.25) is 4.79 Å². The summed E-state index contributed by atoms with van der Waals surface area (Å²) >= 11 is 0. The smallest absolute Gasteiger partial charge is 0.198 e. The first-order valence-corrected chi connectivity index (χ1v) is 3.12. The van der Waals surface area contributed by atoms with Crippen LogP contribution in [-0.2, 0) is 9.59 Å². The highest BCUT2D eigenvalue weighted by atomic mass is 16.1. The van der Waals surface area contributed by atoms with Gasteiger partial charge in [-0.25, -0.2) is 0 Å². The van der Waals surface area contributed by atoms with E-state index in [1.54, 1.807) is 13.2 Å². The molecular formula is C7H11O2. The van der Waals surface area contributed by atoms with Gasteiger partial charge < -0.3 is 4.79 Å². The van der Waals surface area contributed by atoms with Crippen molar-refractivity contribution >= 4 is 12.1 Å². The van der Waals surface area contributed by atoms with Crippen molar-refractivity contribution in [1.29, 1.82) is 0 Å². The molecule has 0 unspecified atom stereocenters. The van der Waals surface area contributed by atoms with E-state index in [-0.39, 0.29) is 5.78 Å². The molecule has 0 aliphatic carbocycles. The van der Waals surface area contributed by atoms with Crippen LogP contribution in [0.1, 0.15) is 32.6 Å². The first-order chi connectivity index (χ1) is 4.27. The Morgan fingerprint density at radius 1 is 1.44 bits per heavy atom. The first kappa shape index (κ1) is 8.34. The molecule has 0 aromatic heterocycles. The van der Waals surface area contributed by atoms with Crippen molar-refractivity contribution in [2.75, 3.05) is 0 Å².